The van der Waals surface area contributed by atoms with Crippen LogP contribution in [-0.2, 0) is 36.9 Å². The first-order chi connectivity index (χ1) is 19.9. The summed E-state index contributed by atoms with van der Waals surface area (Å²) in [4.78, 5) is 57.7. The van der Waals surface area contributed by atoms with Gasteiger partial charge in [-0.15, -0.1) is 0 Å². The number of amides is 4. The van der Waals surface area contributed by atoms with Gasteiger partial charge in [-0.25, -0.2) is 9.18 Å². The molecule has 10 nitrogen and oxygen atoms in total. The van der Waals surface area contributed by atoms with E-state index in [4.69, 9.17) is 21.2 Å². The summed E-state index contributed by atoms with van der Waals surface area (Å²) in [5, 5.41) is 6.58. The molecule has 4 amide bonds. The van der Waals surface area contributed by atoms with Crippen molar-refractivity contribution in [3.05, 3.63) is 64.4 Å². The Hall–Kier alpha value is -3.70. The van der Waals surface area contributed by atoms with Gasteiger partial charge in [0, 0.05) is 24.7 Å². The fourth-order valence-corrected chi connectivity index (χ4v) is 4.69. The summed E-state index contributed by atoms with van der Waals surface area (Å²) >= 11 is 6.14. The Kier molecular flexibility index (Phi) is 11.3. The topological polar surface area (TPSA) is 117 Å². The molecular weight excluding hydrogens is 567 g/mol. The van der Waals surface area contributed by atoms with Gasteiger partial charge in [-0.3, -0.25) is 19.2 Å². The zero-order chi connectivity index (χ0) is 30.9. The van der Waals surface area contributed by atoms with Crippen LogP contribution in [0.5, 0.6) is 0 Å². The summed E-state index contributed by atoms with van der Waals surface area (Å²) < 4.78 is 18.7. The van der Waals surface area contributed by atoms with Crippen LogP contribution >= 0.6 is 11.6 Å². The molecule has 0 aliphatic carbocycles. The molecule has 2 aromatic carbocycles. The minimum atomic E-state index is -1.09. The number of aryl methyl sites for hydroxylation is 1. The predicted octanol–water partition coefficient (Wildman–Crippen LogP) is 4.39. The normalized spacial score (nSPS) is 14.6. The fraction of sp³-hybridized carbons (Fsp3) is 0.467. The number of alkyl carbamates (subject to hydrolysis) is 1. The molecule has 2 N–H and O–H groups in total. The zero-order valence-corrected chi connectivity index (χ0v) is 25.1. The maximum atomic E-state index is 13.6. The third-order valence-electron chi connectivity index (χ3n) is 6.97. The standard InChI is InChI=1S/C30H38ClFN4O6/c1-5-21-6-10-24(11-7-21)36(20-37)41-19-30(27(39)33-17-22-8-9-23(32)16-25(22)31)12-14-35(15-13-30)26(38)18-34-28(40)42-29(2,3)4/h6-11,16,20H,5,12-15,17-19H2,1-4H3,(H,33,39)(H,34,40). The number of piperidine rings is 1. The van der Waals surface area contributed by atoms with Crippen molar-refractivity contribution in [1.29, 1.82) is 0 Å². The zero-order valence-electron chi connectivity index (χ0n) is 24.4. The maximum Gasteiger partial charge on any atom is 0.408 e. The molecule has 1 heterocycles. The molecule has 1 saturated heterocycles. The van der Waals surface area contributed by atoms with Crippen LogP contribution in [0.2, 0.25) is 5.02 Å². The number of carbonyl (C=O) groups excluding carboxylic acids is 4. The number of halogens is 2. The highest BCUT2D eigenvalue weighted by Gasteiger charge is 2.43. The Balaban J connectivity index is 1.70. The number of carbonyl (C=O) groups is 4. The molecule has 12 heteroatoms. The van der Waals surface area contributed by atoms with Gasteiger partial charge in [0.15, 0.2) is 0 Å². The largest absolute Gasteiger partial charge is 0.444 e. The van der Waals surface area contributed by atoms with Gasteiger partial charge < -0.3 is 20.3 Å². The predicted molar refractivity (Wildman–Crippen MR) is 156 cm³/mol. The van der Waals surface area contributed by atoms with Gasteiger partial charge in [-0.05, 0) is 75.4 Å². The van der Waals surface area contributed by atoms with E-state index in [-0.39, 0.29) is 62.5 Å². The van der Waals surface area contributed by atoms with Gasteiger partial charge in [-0.1, -0.05) is 36.7 Å². The number of likely N-dealkylation sites (tertiary alicyclic amines) is 1. The maximum absolute atomic E-state index is 13.6. The van der Waals surface area contributed by atoms with Crippen molar-refractivity contribution in [2.24, 2.45) is 5.41 Å². The lowest BCUT2D eigenvalue weighted by Crippen LogP contribution is -2.54. The molecule has 0 atom stereocenters. The Morgan fingerprint density at radius 1 is 1.10 bits per heavy atom. The summed E-state index contributed by atoms with van der Waals surface area (Å²) in [6.07, 6.45) is 1.14. The molecule has 0 unspecified atom stereocenters. The average Bonchev–Trinajstić information content (AvgIpc) is 2.95. The highest BCUT2D eigenvalue weighted by Crippen LogP contribution is 2.34. The van der Waals surface area contributed by atoms with Crippen LogP contribution in [0.3, 0.4) is 0 Å². The van der Waals surface area contributed by atoms with Crippen LogP contribution in [0.1, 0.15) is 51.7 Å². The number of nitrogens with zero attached hydrogens (tertiary/aromatic N) is 2. The van der Waals surface area contributed by atoms with E-state index < -0.39 is 22.9 Å². The molecule has 0 radical (unpaired) electrons. The second-order valence-corrected chi connectivity index (χ2v) is 11.6. The summed E-state index contributed by atoms with van der Waals surface area (Å²) in [7, 11) is 0. The molecule has 228 valence electrons. The number of ether oxygens (including phenoxy) is 1. The van der Waals surface area contributed by atoms with Crippen molar-refractivity contribution >= 4 is 41.6 Å². The average molecular weight is 605 g/mol. The van der Waals surface area contributed by atoms with Crippen molar-refractivity contribution in [3.8, 4) is 0 Å². The van der Waals surface area contributed by atoms with Gasteiger partial charge in [0.2, 0.25) is 18.2 Å². The molecule has 1 fully saturated rings. The molecule has 1 aliphatic heterocycles. The van der Waals surface area contributed by atoms with Crippen molar-refractivity contribution < 1.29 is 33.1 Å². The van der Waals surface area contributed by atoms with E-state index in [0.717, 1.165) is 17.0 Å². The molecule has 0 spiro atoms. The summed E-state index contributed by atoms with van der Waals surface area (Å²) in [6, 6.07) is 11.2. The number of benzene rings is 2. The molecule has 3 rings (SSSR count). The van der Waals surface area contributed by atoms with Gasteiger partial charge >= 0.3 is 6.09 Å². The highest BCUT2D eigenvalue weighted by atomic mass is 35.5. The number of hydrogen-bond donors (Lipinski definition) is 2. The van der Waals surface area contributed by atoms with E-state index in [0.29, 0.717) is 17.7 Å². The Bertz CT molecular complexity index is 1260. The molecule has 1 aliphatic rings. The minimum Gasteiger partial charge on any atom is -0.444 e. The van der Waals surface area contributed by atoms with Crippen LogP contribution < -0.4 is 15.7 Å². The third-order valence-corrected chi connectivity index (χ3v) is 7.32. The van der Waals surface area contributed by atoms with Crippen molar-refractivity contribution in [2.45, 2.75) is 59.1 Å². The van der Waals surface area contributed by atoms with E-state index in [1.165, 1.54) is 18.2 Å². The van der Waals surface area contributed by atoms with Gasteiger partial charge in [0.25, 0.3) is 0 Å². The molecule has 0 bridgehead atoms. The first-order valence-corrected chi connectivity index (χ1v) is 14.2. The number of hydroxylamine groups is 1. The van der Waals surface area contributed by atoms with Gasteiger partial charge in [0.05, 0.1) is 17.7 Å². The number of anilines is 1. The number of nitrogens with one attached hydrogen (secondary N) is 2. The van der Waals surface area contributed by atoms with Crippen LogP contribution in [0.25, 0.3) is 0 Å². The highest BCUT2D eigenvalue weighted by molar-refractivity contribution is 6.31. The van der Waals surface area contributed by atoms with Crippen molar-refractivity contribution in [2.75, 3.05) is 31.3 Å². The quantitative estimate of drug-likeness (QED) is 0.290. The molecule has 2 aromatic rings. The monoisotopic (exact) mass is 604 g/mol. The third kappa shape index (κ3) is 9.15. The lowest BCUT2D eigenvalue weighted by molar-refractivity contribution is -0.145. The minimum absolute atomic E-state index is 0.0536. The Morgan fingerprint density at radius 3 is 2.33 bits per heavy atom. The molecular formula is C30H38ClFN4O6. The van der Waals surface area contributed by atoms with Crippen LogP contribution in [0, 0.1) is 11.2 Å². The molecule has 0 saturated carbocycles. The smallest absolute Gasteiger partial charge is 0.408 e. The van der Waals surface area contributed by atoms with Crippen molar-refractivity contribution in [3.63, 3.8) is 0 Å². The van der Waals surface area contributed by atoms with E-state index in [1.54, 1.807) is 37.8 Å². The summed E-state index contributed by atoms with van der Waals surface area (Å²) in [6.45, 7) is 7.30. The second-order valence-electron chi connectivity index (χ2n) is 11.2. The van der Waals surface area contributed by atoms with E-state index in [1.807, 2.05) is 19.1 Å². The summed E-state index contributed by atoms with van der Waals surface area (Å²) in [5.74, 6) is -1.16. The first-order valence-electron chi connectivity index (χ1n) is 13.8. The SMILES string of the molecule is CCc1ccc(N(C=O)OCC2(C(=O)NCc3ccc(F)cc3Cl)CCN(C(=O)CNC(=O)OC(C)(C)C)CC2)cc1. The van der Waals surface area contributed by atoms with Crippen LogP contribution in [0.15, 0.2) is 42.5 Å². The molecule has 0 aromatic heterocycles. The number of rotatable bonds is 11. The number of hydrogen-bond acceptors (Lipinski definition) is 6. The Morgan fingerprint density at radius 2 is 1.76 bits per heavy atom. The van der Waals surface area contributed by atoms with Gasteiger partial charge in [-0.2, -0.15) is 5.06 Å². The lowest BCUT2D eigenvalue weighted by Gasteiger charge is -2.40. The van der Waals surface area contributed by atoms with E-state index in [2.05, 4.69) is 10.6 Å². The fourth-order valence-electron chi connectivity index (χ4n) is 4.46. The van der Waals surface area contributed by atoms with Crippen LogP contribution in [0.4, 0.5) is 14.9 Å². The second kappa shape index (κ2) is 14.5. The van der Waals surface area contributed by atoms with Crippen molar-refractivity contribution in [1.82, 2.24) is 15.5 Å². The van der Waals surface area contributed by atoms with Crippen LogP contribution in [-0.4, -0.2) is 61.1 Å². The van der Waals surface area contributed by atoms with E-state index >= 15 is 0 Å². The van der Waals surface area contributed by atoms with Gasteiger partial charge in [0.1, 0.15) is 18.0 Å². The lowest BCUT2D eigenvalue weighted by atomic mass is 9.78. The Labute approximate surface area is 250 Å². The molecule has 42 heavy (non-hydrogen) atoms. The first kappa shape index (κ1) is 32.8. The summed E-state index contributed by atoms with van der Waals surface area (Å²) in [5.41, 5.74) is 0.354. The van der Waals surface area contributed by atoms with E-state index in [9.17, 15) is 23.6 Å².